The zero-order valence-corrected chi connectivity index (χ0v) is 14.8. The van der Waals surface area contributed by atoms with Gasteiger partial charge in [-0.1, -0.05) is 18.2 Å². The van der Waals surface area contributed by atoms with Crippen LogP contribution in [0.5, 0.6) is 17.2 Å². The first-order chi connectivity index (χ1) is 12.2. The summed E-state index contributed by atoms with van der Waals surface area (Å²) in [6, 6.07) is 13.3. The van der Waals surface area contributed by atoms with Gasteiger partial charge in [0, 0.05) is 13.1 Å². The summed E-state index contributed by atoms with van der Waals surface area (Å²) in [6.07, 6.45) is 0. The standard InChI is InChI=1S/C19H24N2O4/c1-23-16-7-4-14(5-8-16)11-20-13-19(22)21-12-15-6-9-17(24-2)18(10-15)25-3/h4-10,20H,11-13H2,1-3H3,(H,21,22). The van der Waals surface area contributed by atoms with E-state index in [1.807, 2.05) is 42.5 Å². The Morgan fingerprint density at radius 1 is 0.840 bits per heavy atom. The second-order valence-electron chi connectivity index (χ2n) is 5.42. The molecule has 2 rings (SSSR count). The molecule has 0 aromatic heterocycles. The van der Waals surface area contributed by atoms with E-state index in [9.17, 15) is 4.79 Å². The van der Waals surface area contributed by atoms with Gasteiger partial charge in [-0.15, -0.1) is 0 Å². The molecule has 0 aliphatic heterocycles. The second-order valence-corrected chi connectivity index (χ2v) is 5.42. The lowest BCUT2D eigenvalue weighted by atomic mass is 10.2. The number of benzene rings is 2. The van der Waals surface area contributed by atoms with Crippen LogP contribution in [0.3, 0.4) is 0 Å². The minimum Gasteiger partial charge on any atom is -0.497 e. The Labute approximate surface area is 148 Å². The largest absolute Gasteiger partial charge is 0.497 e. The van der Waals surface area contributed by atoms with Crippen LogP contribution in [0.1, 0.15) is 11.1 Å². The molecule has 134 valence electrons. The predicted octanol–water partition coefficient (Wildman–Crippen LogP) is 2.12. The Morgan fingerprint density at radius 2 is 1.52 bits per heavy atom. The third-order valence-electron chi connectivity index (χ3n) is 3.71. The summed E-state index contributed by atoms with van der Waals surface area (Å²) in [5.41, 5.74) is 2.04. The van der Waals surface area contributed by atoms with Crippen molar-refractivity contribution in [2.24, 2.45) is 0 Å². The summed E-state index contributed by atoms with van der Waals surface area (Å²) in [5, 5.41) is 5.99. The van der Waals surface area contributed by atoms with Crippen LogP contribution in [0.2, 0.25) is 0 Å². The van der Waals surface area contributed by atoms with Crippen molar-refractivity contribution in [3.63, 3.8) is 0 Å². The number of amides is 1. The zero-order chi connectivity index (χ0) is 18.1. The van der Waals surface area contributed by atoms with Crippen LogP contribution in [0, 0.1) is 0 Å². The number of rotatable bonds is 9. The number of nitrogens with one attached hydrogen (secondary N) is 2. The summed E-state index contributed by atoms with van der Waals surface area (Å²) in [6.45, 7) is 1.30. The lowest BCUT2D eigenvalue weighted by Crippen LogP contribution is -2.33. The molecule has 2 N–H and O–H groups in total. The van der Waals surface area contributed by atoms with Gasteiger partial charge in [-0.05, 0) is 35.4 Å². The fourth-order valence-corrected chi connectivity index (χ4v) is 2.32. The highest BCUT2D eigenvalue weighted by Gasteiger charge is 2.06. The monoisotopic (exact) mass is 344 g/mol. The molecule has 1 amide bonds. The first kappa shape index (κ1) is 18.6. The van der Waals surface area contributed by atoms with Gasteiger partial charge in [0.1, 0.15) is 5.75 Å². The second kappa shape index (κ2) is 9.54. The summed E-state index contributed by atoms with van der Waals surface area (Å²) < 4.78 is 15.6. The number of ether oxygens (including phenoxy) is 3. The van der Waals surface area contributed by atoms with Crippen LogP contribution in [0.15, 0.2) is 42.5 Å². The van der Waals surface area contributed by atoms with Crippen LogP contribution in [0.25, 0.3) is 0 Å². The molecule has 0 radical (unpaired) electrons. The smallest absolute Gasteiger partial charge is 0.234 e. The fraction of sp³-hybridized carbons (Fsp3) is 0.316. The minimum atomic E-state index is -0.0664. The van der Waals surface area contributed by atoms with Gasteiger partial charge in [-0.3, -0.25) is 4.79 Å². The number of hydrogen-bond acceptors (Lipinski definition) is 5. The van der Waals surface area contributed by atoms with E-state index in [4.69, 9.17) is 14.2 Å². The number of carbonyl (C=O) groups is 1. The van der Waals surface area contributed by atoms with Crippen molar-refractivity contribution in [3.05, 3.63) is 53.6 Å². The first-order valence-corrected chi connectivity index (χ1v) is 7.97. The number of carbonyl (C=O) groups excluding carboxylic acids is 1. The van der Waals surface area contributed by atoms with Crippen molar-refractivity contribution in [1.29, 1.82) is 0 Å². The molecule has 0 saturated carbocycles. The fourth-order valence-electron chi connectivity index (χ4n) is 2.32. The van der Waals surface area contributed by atoms with Crippen LogP contribution < -0.4 is 24.8 Å². The molecule has 0 aliphatic carbocycles. The Bertz CT molecular complexity index is 686. The van der Waals surface area contributed by atoms with Crippen LogP contribution in [-0.4, -0.2) is 33.8 Å². The Balaban J connectivity index is 1.75. The molecule has 0 aliphatic rings. The van der Waals surface area contributed by atoms with Gasteiger partial charge in [0.15, 0.2) is 11.5 Å². The average Bonchev–Trinajstić information content (AvgIpc) is 2.66. The summed E-state index contributed by atoms with van der Waals surface area (Å²) >= 11 is 0. The SMILES string of the molecule is COc1ccc(CNCC(=O)NCc2ccc(OC)c(OC)c2)cc1. The van der Waals surface area contributed by atoms with E-state index in [0.29, 0.717) is 24.6 Å². The van der Waals surface area contributed by atoms with E-state index in [2.05, 4.69) is 10.6 Å². The normalized spacial score (nSPS) is 10.2. The van der Waals surface area contributed by atoms with E-state index in [1.165, 1.54) is 0 Å². The molecular formula is C19H24N2O4. The van der Waals surface area contributed by atoms with Crippen LogP contribution >= 0.6 is 0 Å². The highest BCUT2D eigenvalue weighted by Crippen LogP contribution is 2.27. The lowest BCUT2D eigenvalue weighted by Gasteiger charge is -2.11. The van der Waals surface area contributed by atoms with E-state index < -0.39 is 0 Å². The molecule has 6 nitrogen and oxygen atoms in total. The lowest BCUT2D eigenvalue weighted by molar-refractivity contribution is -0.120. The van der Waals surface area contributed by atoms with Gasteiger partial charge in [-0.2, -0.15) is 0 Å². The maximum Gasteiger partial charge on any atom is 0.234 e. The maximum absolute atomic E-state index is 11.9. The molecule has 0 atom stereocenters. The van der Waals surface area contributed by atoms with Gasteiger partial charge in [0.05, 0.1) is 27.9 Å². The van der Waals surface area contributed by atoms with E-state index >= 15 is 0 Å². The molecule has 0 fully saturated rings. The van der Waals surface area contributed by atoms with Crippen molar-refractivity contribution in [1.82, 2.24) is 10.6 Å². The molecule has 0 unspecified atom stereocenters. The van der Waals surface area contributed by atoms with Crippen LogP contribution in [-0.2, 0) is 17.9 Å². The molecule has 0 spiro atoms. The molecule has 0 saturated heterocycles. The third-order valence-corrected chi connectivity index (χ3v) is 3.71. The Morgan fingerprint density at radius 3 is 2.16 bits per heavy atom. The molecule has 0 heterocycles. The van der Waals surface area contributed by atoms with Gasteiger partial charge in [0.2, 0.25) is 5.91 Å². The first-order valence-electron chi connectivity index (χ1n) is 7.97. The Hall–Kier alpha value is -2.73. The molecular weight excluding hydrogens is 320 g/mol. The third kappa shape index (κ3) is 5.69. The molecule has 2 aromatic rings. The van der Waals surface area contributed by atoms with E-state index in [0.717, 1.165) is 16.9 Å². The van der Waals surface area contributed by atoms with Gasteiger partial charge in [-0.25, -0.2) is 0 Å². The predicted molar refractivity (Wildman–Crippen MR) is 96.1 cm³/mol. The van der Waals surface area contributed by atoms with E-state index in [-0.39, 0.29) is 12.5 Å². The van der Waals surface area contributed by atoms with Gasteiger partial charge < -0.3 is 24.8 Å². The molecule has 6 heteroatoms. The highest BCUT2D eigenvalue weighted by molar-refractivity contribution is 5.78. The minimum absolute atomic E-state index is 0.0664. The summed E-state index contributed by atoms with van der Waals surface area (Å²) in [4.78, 5) is 11.9. The summed E-state index contributed by atoms with van der Waals surface area (Å²) in [7, 11) is 4.81. The van der Waals surface area contributed by atoms with Crippen molar-refractivity contribution >= 4 is 5.91 Å². The zero-order valence-electron chi connectivity index (χ0n) is 14.8. The molecule has 0 bridgehead atoms. The van der Waals surface area contributed by atoms with E-state index in [1.54, 1.807) is 21.3 Å². The quantitative estimate of drug-likeness (QED) is 0.729. The average molecular weight is 344 g/mol. The van der Waals surface area contributed by atoms with Gasteiger partial charge in [0.25, 0.3) is 0 Å². The molecule has 2 aromatic carbocycles. The highest BCUT2D eigenvalue weighted by atomic mass is 16.5. The Kier molecular flexibility index (Phi) is 7.10. The van der Waals surface area contributed by atoms with Crippen molar-refractivity contribution in [2.45, 2.75) is 13.1 Å². The summed E-state index contributed by atoms with van der Waals surface area (Å²) in [5.74, 6) is 2.06. The maximum atomic E-state index is 11.9. The van der Waals surface area contributed by atoms with Gasteiger partial charge >= 0.3 is 0 Å². The van der Waals surface area contributed by atoms with Crippen LogP contribution in [0.4, 0.5) is 0 Å². The number of methoxy groups -OCH3 is 3. The van der Waals surface area contributed by atoms with Crippen molar-refractivity contribution in [2.75, 3.05) is 27.9 Å². The van der Waals surface area contributed by atoms with Crippen molar-refractivity contribution < 1.29 is 19.0 Å². The number of hydrogen-bond donors (Lipinski definition) is 2. The topological polar surface area (TPSA) is 68.8 Å². The van der Waals surface area contributed by atoms with Crippen molar-refractivity contribution in [3.8, 4) is 17.2 Å². The molecule has 25 heavy (non-hydrogen) atoms.